The fourth-order valence-corrected chi connectivity index (χ4v) is 2.72. The van der Waals surface area contributed by atoms with Gasteiger partial charge in [-0.2, -0.15) is 0 Å². The van der Waals surface area contributed by atoms with E-state index in [1.807, 2.05) is 0 Å². The number of pyridine rings is 1. The number of anilines is 1. The molecule has 0 spiro atoms. The fourth-order valence-electron chi connectivity index (χ4n) is 2.72. The molecule has 27 heavy (non-hydrogen) atoms. The van der Waals surface area contributed by atoms with E-state index < -0.39 is 17.0 Å². The molecular weight excluding hydrogens is 354 g/mol. The molecule has 1 atom stereocenters. The molecule has 1 aliphatic heterocycles. The van der Waals surface area contributed by atoms with Crippen molar-refractivity contribution in [2.75, 3.05) is 11.5 Å². The van der Waals surface area contributed by atoms with Gasteiger partial charge in [-0.25, -0.2) is 4.79 Å². The van der Waals surface area contributed by atoms with E-state index in [4.69, 9.17) is 9.47 Å². The van der Waals surface area contributed by atoms with Crippen LogP contribution in [0.3, 0.4) is 0 Å². The van der Waals surface area contributed by atoms with E-state index in [1.54, 1.807) is 38.1 Å². The molecule has 0 bridgehead atoms. The first-order valence-corrected chi connectivity index (χ1v) is 8.30. The van der Waals surface area contributed by atoms with E-state index >= 15 is 0 Å². The predicted molar refractivity (Wildman–Crippen MR) is 94.6 cm³/mol. The van der Waals surface area contributed by atoms with Crippen molar-refractivity contribution in [1.82, 2.24) is 4.98 Å². The Morgan fingerprint density at radius 2 is 2.15 bits per heavy atom. The van der Waals surface area contributed by atoms with Gasteiger partial charge in [0.05, 0.1) is 18.7 Å². The summed E-state index contributed by atoms with van der Waals surface area (Å²) in [4.78, 5) is 40.2. The van der Waals surface area contributed by atoms with Crippen molar-refractivity contribution in [1.29, 1.82) is 0 Å². The second kappa shape index (κ2) is 7.40. The standard InChI is InChI=1S/C18H17N3O6/c1-3-26-18(23)13-6-4-5-12(9-13)10-20-16-14(27-11(2)17(20)22)7-8-15(19-16)21(24)25/h4-9,11H,3,10H2,1-2H3. The summed E-state index contributed by atoms with van der Waals surface area (Å²) in [6.45, 7) is 3.64. The molecule has 9 nitrogen and oxygen atoms in total. The van der Waals surface area contributed by atoms with Crippen LogP contribution in [0.1, 0.15) is 29.8 Å². The van der Waals surface area contributed by atoms with Crippen LogP contribution in [0.5, 0.6) is 5.75 Å². The van der Waals surface area contributed by atoms with E-state index in [9.17, 15) is 19.7 Å². The Labute approximate surface area is 154 Å². The minimum Gasteiger partial charge on any atom is -0.475 e. The normalized spacial score (nSPS) is 15.7. The summed E-state index contributed by atoms with van der Waals surface area (Å²) < 4.78 is 10.5. The molecule has 3 rings (SSSR count). The number of benzene rings is 1. The molecular formula is C18H17N3O6. The van der Waals surface area contributed by atoms with Gasteiger partial charge in [0.25, 0.3) is 11.7 Å². The molecule has 0 saturated heterocycles. The maximum Gasteiger partial charge on any atom is 0.366 e. The molecule has 0 radical (unpaired) electrons. The number of aromatic nitrogens is 1. The highest BCUT2D eigenvalue weighted by atomic mass is 16.6. The van der Waals surface area contributed by atoms with Crippen LogP contribution < -0.4 is 9.64 Å². The third-order valence-electron chi connectivity index (χ3n) is 3.96. The molecule has 1 aromatic heterocycles. The van der Waals surface area contributed by atoms with Gasteiger partial charge in [0.2, 0.25) is 0 Å². The molecule has 0 saturated carbocycles. The van der Waals surface area contributed by atoms with Crippen molar-refractivity contribution in [3.05, 3.63) is 57.6 Å². The minimum atomic E-state index is -0.756. The Hall–Kier alpha value is -3.49. The number of amides is 1. The van der Waals surface area contributed by atoms with Crippen molar-refractivity contribution in [3.8, 4) is 5.75 Å². The summed E-state index contributed by atoms with van der Waals surface area (Å²) in [5.74, 6) is -0.861. The van der Waals surface area contributed by atoms with Crippen LogP contribution in [0, 0.1) is 10.1 Å². The molecule has 1 amide bonds. The largest absolute Gasteiger partial charge is 0.475 e. The van der Waals surface area contributed by atoms with Crippen LogP contribution in [0.25, 0.3) is 0 Å². The maximum absolute atomic E-state index is 12.6. The van der Waals surface area contributed by atoms with E-state index in [2.05, 4.69) is 4.98 Å². The topological polar surface area (TPSA) is 112 Å². The third-order valence-corrected chi connectivity index (χ3v) is 3.96. The average molecular weight is 371 g/mol. The number of hydrogen-bond donors (Lipinski definition) is 0. The number of ether oxygens (including phenoxy) is 2. The van der Waals surface area contributed by atoms with Crippen molar-refractivity contribution in [3.63, 3.8) is 0 Å². The van der Waals surface area contributed by atoms with Gasteiger partial charge in [-0.1, -0.05) is 12.1 Å². The zero-order valence-corrected chi connectivity index (χ0v) is 14.7. The number of nitro groups is 1. The number of esters is 1. The quantitative estimate of drug-likeness (QED) is 0.451. The monoisotopic (exact) mass is 371 g/mol. The van der Waals surface area contributed by atoms with Gasteiger partial charge in [-0.15, -0.1) is 0 Å². The van der Waals surface area contributed by atoms with Gasteiger partial charge in [-0.05, 0) is 47.5 Å². The van der Waals surface area contributed by atoms with E-state index in [-0.39, 0.29) is 36.4 Å². The number of fused-ring (bicyclic) bond motifs is 1. The SMILES string of the molecule is CCOC(=O)c1cccc(CN2C(=O)C(C)Oc3ccc([N+](=O)[O-])nc32)c1. The molecule has 1 aliphatic rings. The van der Waals surface area contributed by atoms with Gasteiger partial charge in [0.1, 0.15) is 0 Å². The van der Waals surface area contributed by atoms with Gasteiger partial charge in [0.15, 0.2) is 11.9 Å². The van der Waals surface area contributed by atoms with Crippen LogP contribution in [0.2, 0.25) is 0 Å². The number of carbonyl (C=O) groups excluding carboxylic acids is 2. The molecule has 9 heteroatoms. The zero-order chi connectivity index (χ0) is 19.6. The number of rotatable bonds is 5. The fraction of sp³-hybridized carbons (Fsp3) is 0.278. The third kappa shape index (κ3) is 3.71. The highest BCUT2D eigenvalue weighted by molar-refractivity contribution is 5.99. The molecule has 0 fully saturated rings. The molecule has 2 heterocycles. The van der Waals surface area contributed by atoms with Crippen molar-refractivity contribution in [2.24, 2.45) is 0 Å². The Morgan fingerprint density at radius 1 is 1.37 bits per heavy atom. The van der Waals surface area contributed by atoms with Gasteiger partial charge in [0, 0.05) is 6.07 Å². The maximum atomic E-state index is 12.6. The smallest absolute Gasteiger partial charge is 0.366 e. The lowest BCUT2D eigenvalue weighted by Crippen LogP contribution is -2.44. The predicted octanol–water partition coefficient (Wildman–Crippen LogP) is 2.48. The van der Waals surface area contributed by atoms with Crippen LogP contribution >= 0.6 is 0 Å². The Balaban J connectivity index is 1.96. The Morgan fingerprint density at radius 3 is 2.85 bits per heavy atom. The van der Waals surface area contributed by atoms with Gasteiger partial charge >= 0.3 is 11.8 Å². The second-order valence-electron chi connectivity index (χ2n) is 5.85. The molecule has 0 N–H and O–H groups in total. The number of hydrogen-bond acceptors (Lipinski definition) is 7. The lowest BCUT2D eigenvalue weighted by atomic mass is 10.1. The molecule has 2 aromatic rings. The number of carbonyl (C=O) groups is 2. The van der Waals surface area contributed by atoms with E-state index in [0.717, 1.165) is 0 Å². The lowest BCUT2D eigenvalue weighted by Gasteiger charge is -2.29. The van der Waals surface area contributed by atoms with E-state index in [1.165, 1.54) is 17.0 Å². The summed E-state index contributed by atoms with van der Waals surface area (Å²) in [5, 5.41) is 11.0. The Bertz CT molecular complexity index is 914. The van der Waals surface area contributed by atoms with Gasteiger partial charge < -0.3 is 19.6 Å². The summed E-state index contributed by atoms with van der Waals surface area (Å²) in [6.07, 6.45) is -0.756. The van der Waals surface area contributed by atoms with Crippen LogP contribution in [-0.2, 0) is 16.1 Å². The molecule has 0 aliphatic carbocycles. The molecule has 1 aromatic carbocycles. The van der Waals surface area contributed by atoms with Crippen LogP contribution in [-0.4, -0.2) is 34.5 Å². The van der Waals surface area contributed by atoms with Crippen molar-refractivity contribution < 1.29 is 24.0 Å². The zero-order valence-electron chi connectivity index (χ0n) is 14.7. The van der Waals surface area contributed by atoms with Crippen LogP contribution in [0.4, 0.5) is 11.6 Å². The summed E-state index contributed by atoms with van der Waals surface area (Å²) >= 11 is 0. The van der Waals surface area contributed by atoms with E-state index in [0.29, 0.717) is 11.1 Å². The molecule has 1 unspecified atom stereocenters. The average Bonchev–Trinajstić information content (AvgIpc) is 2.65. The highest BCUT2D eigenvalue weighted by Gasteiger charge is 2.36. The first-order chi connectivity index (χ1) is 12.9. The number of nitrogens with zero attached hydrogens (tertiary/aromatic N) is 3. The molecule has 140 valence electrons. The van der Waals surface area contributed by atoms with Crippen LogP contribution in [0.15, 0.2) is 36.4 Å². The Kier molecular flexibility index (Phi) is 5.02. The summed E-state index contributed by atoms with van der Waals surface area (Å²) in [5.41, 5.74) is 1.01. The second-order valence-corrected chi connectivity index (χ2v) is 5.85. The lowest BCUT2D eigenvalue weighted by molar-refractivity contribution is -0.389. The summed E-state index contributed by atoms with van der Waals surface area (Å²) in [6, 6.07) is 9.29. The minimum absolute atomic E-state index is 0.0776. The first-order valence-electron chi connectivity index (χ1n) is 8.30. The van der Waals surface area contributed by atoms with Crippen molar-refractivity contribution >= 4 is 23.5 Å². The van der Waals surface area contributed by atoms with Crippen molar-refractivity contribution in [2.45, 2.75) is 26.5 Å². The first kappa shape index (κ1) is 18.3. The summed E-state index contributed by atoms with van der Waals surface area (Å²) in [7, 11) is 0. The highest BCUT2D eigenvalue weighted by Crippen LogP contribution is 2.35. The van der Waals surface area contributed by atoms with Gasteiger partial charge in [-0.3, -0.25) is 9.69 Å².